The lowest BCUT2D eigenvalue weighted by Gasteiger charge is -2.16. The zero-order valence-electron chi connectivity index (χ0n) is 17.7. The van der Waals surface area contributed by atoms with E-state index in [0.29, 0.717) is 33.8 Å². The molecule has 0 aliphatic carbocycles. The fraction of sp³-hybridized carbons (Fsp3) is 0.182. The molecule has 0 radical (unpaired) electrons. The van der Waals surface area contributed by atoms with Crippen LogP contribution in [-0.2, 0) is 14.4 Å². The summed E-state index contributed by atoms with van der Waals surface area (Å²) < 4.78 is 16.8. The Balaban J connectivity index is 1.76. The maximum Gasteiger partial charge on any atom is 0.328 e. The number of hydrogen-bond donors (Lipinski definition) is 3. The molecule has 5 amide bonds. The Morgan fingerprint density at radius 2 is 1.73 bits per heavy atom. The molecule has 0 aromatic heterocycles. The first-order chi connectivity index (χ1) is 15.8. The quantitative estimate of drug-likeness (QED) is 0.362. The SMILES string of the molecule is CCOc1cc(C=C2C(=O)NC(=O)NC2=O)cc(Br)c1OCC(=O)Nc1ccc(OC)cc1. The van der Waals surface area contributed by atoms with Crippen LogP contribution in [0.1, 0.15) is 12.5 Å². The number of carbonyl (C=O) groups is 4. The van der Waals surface area contributed by atoms with E-state index in [1.165, 1.54) is 6.08 Å². The molecule has 2 aromatic carbocycles. The summed E-state index contributed by atoms with van der Waals surface area (Å²) in [6.07, 6.45) is 1.31. The lowest BCUT2D eigenvalue weighted by molar-refractivity contribution is -0.124. The molecular formula is C22H20BrN3O7. The molecule has 33 heavy (non-hydrogen) atoms. The number of benzene rings is 2. The Hall–Kier alpha value is -3.86. The molecule has 1 saturated heterocycles. The molecule has 0 bridgehead atoms. The van der Waals surface area contributed by atoms with Crippen molar-refractivity contribution in [1.82, 2.24) is 10.6 Å². The van der Waals surface area contributed by atoms with E-state index < -0.39 is 17.8 Å². The molecule has 3 rings (SSSR count). The number of anilines is 1. The number of methoxy groups -OCH3 is 1. The van der Waals surface area contributed by atoms with Crippen LogP contribution in [0.5, 0.6) is 17.2 Å². The second-order valence-corrected chi connectivity index (χ2v) is 7.48. The van der Waals surface area contributed by atoms with Crippen molar-refractivity contribution >= 4 is 51.4 Å². The molecule has 1 heterocycles. The fourth-order valence-electron chi connectivity index (χ4n) is 2.86. The zero-order valence-corrected chi connectivity index (χ0v) is 19.3. The second kappa shape index (κ2) is 10.6. The largest absolute Gasteiger partial charge is 0.497 e. The van der Waals surface area contributed by atoms with Gasteiger partial charge in [-0.3, -0.25) is 25.0 Å². The number of imide groups is 2. The van der Waals surface area contributed by atoms with Crippen LogP contribution in [0, 0.1) is 0 Å². The van der Waals surface area contributed by atoms with E-state index in [1.54, 1.807) is 50.4 Å². The van der Waals surface area contributed by atoms with E-state index in [0.717, 1.165) is 0 Å². The molecule has 0 spiro atoms. The molecule has 1 fully saturated rings. The number of halogens is 1. The molecular weight excluding hydrogens is 498 g/mol. The normalized spacial score (nSPS) is 13.1. The van der Waals surface area contributed by atoms with E-state index in [9.17, 15) is 19.2 Å². The predicted molar refractivity (Wildman–Crippen MR) is 122 cm³/mol. The first-order valence-electron chi connectivity index (χ1n) is 9.72. The molecule has 11 heteroatoms. The minimum Gasteiger partial charge on any atom is -0.497 e. The van der Waals surface area contributed by atoms with Gasteiger partial charge in [-0.1, -0.05) is 0 Å². The van der Waals surface area contributed by atoms with E-state index in [2.05, 4.69) is 21.2 Å². The maximum atomic E-state index is 12.3. The van der Waals surface area contributed by atoms with Gasteiger partial charge >= 0.3 is 6.03 Å². The zero-order chi connectivity index (χ0) is 24.0. The van der Waals surface area contributed by atoms with Gasteiger partial charge in [-0.25, -0.2) is 4.79 Å². The summed E-state index contributed by atoms with van der Waals surface area (Å²) in [4.78, 5) is 47.4. The molecule has 1 aliphatic heterocycles. The number of hydrogen-bond acceptors (Lipinski definition) is 7. The standard InChI is InChI=1S/C22H20BrN3O7/c1-3-32-17-10-12(8-15-20(28)25-22(30)26-21(15)29)9-16(23)19(17)33-11-18(27)24-13-4-6-14(31-2)7-5-13/h4-10H,3,11H2,1-2H3,(H,24,27)(H2,25,26,28,29,30). The Morgan fingerprint density at radius 3 is 2.33 bits per heavy atom. The molecule has 0 unspecified atom stereocenters. The van der Waals surface area contributed by atoms with Crippen molar-refractivity contribution < 1.29 is 33.4 Å². The number of barbiturate groups is 1. The fourth-order valence-corrected chi connectivity index (χ4v) is 3.43. The molecule has 1 aliphatic rings. The number of urea groups is 1. The predicted octanol–water partition coefficient (Wildman–Crippen LogP) is 2.62. The van der Waals surface area contributed by atoms with Crippen LogP contribution >= 0.6 is 15.9 Å². The Bertz CT molecular complexity index is 1110. The van der Waals surface area contributed by atoms with Gasteiger partial charge in [0.15, 0.2) is 18.1 Å². The van der Waals surface area contributed by atoms with Gasteiger partial charge in [0.2, 0.25) is 0 Å². The van der Waals surface area contributed by atoms with Gasteiger partial charge in [-0.2, -0.15) is 0 Å². The maximum absolute atomic E-state index is 12.3. The Kier molecular flexibility index (Phi) is 7.67. The number of nitrogens with one attached hydrogen (secondary N) is 3. The average molecular weight is 518 g/mol. The van der Waals surface area contributed by atoms with Gasteiger partial charge in [-0.15, -0.1) is 0 Å². The van der Waals surface area contributed by atoms with E-state index >= 15 is 0 Å². The molecule has 3 N–H and O–H groups in total. The summed E-state index contributed by atoms with van der Waals surface area (Å²) in [6, 6.07) is 9.09. The Labute approximate surface area is 197 Å². The van der Waals surface area contributed by atoms with Crippen LogP contribution < -0.4 is 30.2 Å². The van der Waals surface area contributed by atoms with Crippen LogP contribution in [0.4, 0.5) is 10.5 Å². The van der Waals surface area contributed by atoms with Crippen LogP contribution in [0.15, 0.2) is 46.4 Å². The summed E-state index contributed by atoms with van der Waals surface area (Å²) >= 11 is 3.37. The molecule has 0 atom stereocenters. The summed E-state index contributed by atoms with van der Waals surface area (Å²) in [5, 5.41) is 6.73. The van der Waals surface area contributed by atoms with Crippen molar-refractivity contribution in [3.8, 4) is 17.2 Å². The van der Waals surface area contributed by atoms with Gasteiger partial charge < -0.3 is 19.5 Å². The van der Waals surface area contributed by atoms with E-state index in [1.807, 2.05) is 10.6 Å². The third-order valence-corrected chi connectivity index (χ3v) is 4.90. The highest BCUT2D eigenvalue weighted by Crippen LogP contribution is 2.37. The number of carbonyl (C=O) groups excluding carboxylic acids is 4. The van der Waals surface area contributed by atoms with Gasteiger partial charge in [0, 0.05) is 5.69 Å². The monoisotopic (exact) mass is 517 g/mol. The van der Waals surface area contributed by atoms with Crippen LogP contribution in [0.2, 0.25) is 0 Å². The number of ether oxygens (including phenoxy) is 3. The van der Waals surface area contributed by atoms with Crippen molar-refractivity contribution in [3.05, 3.63) is 52.0 Å². The molecule has 172 valence electrons. The van der Waals surface area contributed by atoms with Gasteiger partial charge in [-0.05, 0) is 70.9 Å². The highest BCUT2D eigenvalue weighted by Gasteiger charge is 2.28. The highest BCUT2D eigenvalue weighted by atomic mass is 79.9. The molecule has 10 nitrogen and oxygen atoms in total. The summed E-state index contributed by atoms with van der Waals surface area (Å²) in [6.45, 7) is 1.78. The van der Waals surface area contributed by atoms with Crippen LogP contribution in [-0.4, -0.2) is 44.1 Å². The van der Waals surface area contributed by atoms with Crippen molar-refractivity contribution in [2.75, 3.05) is 25.6 Å². The Morgan fingerprint density at radius 1 is 1.06 bits per heavy atom. The smallest absolute Gasteiger partial charge is 0.328 e. The van der Waals surface area contributed by atoms with Crippen molar-refractivity contribution in [3.63, 3.8) is 0 Å². The lowest BCUT2D eigenvalue weighted by atomic mass is 10.1. The third-order valence-electron chi connectivity index (χ3n) is 4.31. The second-order valence-electron chi connectivity index (χ2n) is 6.62. The van der Waals surface area contributed by atoms with E-state index in [-0.39, 0.29) is 23.8 Å². The number of rotatable bonds is 8. The topological polar surface area (TPSA) is 132 Å². The minimum atomic E-state index is -0.880. The third kappa shape index (κ3) is 6.10. The average Bonchev–Trinajstić information content (AvgIpc) is 2.76. The molecule has 2 aromatic rings. The number of amides is 5. The van der Waals surface area contributed by atoms with E-state index in [4.69, 9.17) is 14.2 Å². The highest BCUT2D eigenvalue weighted by molar-refractivity contribution is 9.10. The first-order valence-corrected chi connectivity index (χ1v) is 10.5. The van der Waals surface area contributed by atoms with Crippen molar-refractivity contribution in [1.29, 1.82) is 0 Å². The van der Waals surface area contributed by atoms with Gasteiger partial charge in [0.05, 0.1) is 18.2 Å². The van der Waals surface area contributed by atoms with Crippen molar-refractivity contribution in [2.45, 2.75) is 6.92 Å². The molecule has 0 saturated carbocycles. The first kappa shape index (κ1) is 23.8. The summed E-state index contributed by atoms with van der Waals surface area (Å²) in [7, 11) is 1.55. The minimum absolute atomic E-state index is 0.239. The summed E-state index contributed by atoms with van der Waals surface area (Å²) in [5.74, 6) is -0.776. The van der Waals surface area contributed by atoms with Crippen LogP contribution in [0.25, 0.3) is 6.08 Å². The van der Waals surface area contributed by atoms with Crippen molar-refractivity contribution in [2.24, 2.45) is 0 Å². The van der Waals surface area contributed by atoms with Crippen LogP contribution in [0.3, 0.4) is 0 Å². The summed E-state index contributed by atoms with van der Waals surface area (Å²) in [5.41, 5.74) is 0.782. The van der Waals surface area contributed by atoms with Gasteiger partial charge in [0.25, 0.3) is 17.7 Å². The van der Waals surface area contributed by atoms with Gasteiger partial charge in [0.1, 0.15) is 11.3 Å². The lowest BCUT2D eigenvalue weighted by Crippen LogP contribution is -2.51.